The van der Waals surface area contributed by atoms with Gasteiger partial charge in [0, 0.05) is 26.2 Å². The normalized spacial score (nSPS) is 23.3. The van der Waals surface area contributed by atoms with E-state index in [4.69, 9.17) is 4.74 Å². The highest BCUT2D eigenvalue weighted by molar-refractivity contribution is 5.83. The predicted molar refractivity (Wildman–Crippen MR) is 73.6 cm³/mol. The number of likely N-dealkylation sites (N-methyl/N-ethyl adjacent to an activating group) is 1. The van der Waals surface area contributed by atoms with Crippen LogP contribution < -0.4 is 5.32 Å². The zero-order valence-electron chi connectivity index (χ0n) is 12.1. The van der Waals surface area contributed by atoms with Gasteiger partial charge in [-0.05, 0) is 33.2 Å². The van der Waals surface area contributed by atoms with Crippen LogP contribution in [0, 0.1) is 5.41 Å². The molecule has 4 heteroatoms. The fourth-order valence-electron chi connectivity index (χ4n) is 2.78. The van der Waals surface area contributed by atoms with Crippen LogP contribution in [0.4, 0.5) is 0 Å². The van der Waals surface area contributed by atoms with E-state index in [2.05, 4.69) is 12.2 Å². The van der Waals surface area contributed by atoms with Crippen molar-refractivity contribution in [3.63, 3.8) is 0 Å². The molecule has 1 N–H and O–H groups in total. The summed E-state index contributed by atoms with van der Waals surface area (Å²) in [7, 11) is 0. The lowest BCUT2D eigenvalue weighted by molar-refractivity contribution is -0.142. The molecule has 18 heavy (non-hydrogen) atoms. The first kappa shape index (κ1) is 15.4. The van der Waals surface area contributed by atoms with Crippen molar-refractivity contribution < 1.29 is 9.53 Å². The van der Waals surface area contributed by atoms with Crippen LogP contribution in [0.15, 0.2) is 0 Å². The first-order chi connectivity index (χ1) is 8.70. The number of rotatable bonds is 8. The van der Waals surface area contributed by atoms with E-state index in [1.807, 2.05) is 18.7 Å². The summed E-state index contributed by atoms with van der Waals surface area (Å²) in [6.07, 6.45) is 3.03. The molecule has 0 spiro atoms. The molecular weight excluding hydrogens is 228 g/mol. The lowest BCUT2D eigenvalue weighted by Gasteiger charge is -2.33. The number of carbonyl (C=O) groups excluding carboxylic acids is 1. The van der Waals surface area contributed by atoms with Crippen LogP contribution in [0.2, 0.25) is 0 Å². The van der Waals surface area contributed by atoms with Gasteiger partial charge in [0.25, 0.3) is 0 Å². The maximum absolute atomic E-state index is 12.7. The summed E-state index contributed by atoms with van der Waals surface area (Å²) in [5.41, 5.74) is -0.156. The van der Waals surface area contributed by atoms with Crippen LogP contribution >= 0.6 is 0 Å². The van der Waals surface area contributed by atoms with Gasteiger partial charge in [0.15, 0.2) is 0 Å². The molecule has 4 nitrogen and oxygen atoms in total. The van der Waals surface area contributed by atoms with Gasteiger partial charge in [0.2, 0.25) is 5.91 Å². The van der Waals surface area contributed by atoms with Crippen molar-refractivity contribution in [2.75, 3.05) is 39.4 Å². The third-order valence-electron chi connectivity index (χ3n) is 3.80. The quantitative estimate of drug-likeness (QED) is 0.671. The van der Waals surface area contributed by atoms with Crippen LogP contribution in [-0.2, 0) is 9.53 Å². The van der Waals surface area contributed by atoms with E-state index in [0.29, 0.717) is 25.7 Å². The molecule has 0 aromatic rings. The van der Waals surface area contributed by atoms with Gasteiger partial charge in [-0.1, -0.05) is 13.3 Å². The molecule has 1 amide bonds. The fraction of sp³-hybridized carbons (Fsp3) is 0.929. The molecule has 1 atom stereocenters. The Kier molecular flexibility index (Phi) is 6.65. The van der Waals surface area contributed by atoms with Gasteiger partial charge in [-0.2, -0.15) is 0 Å². The van der Waals surface area contributed by atoms with Gasteiger partial charge in [-0.15, -0.1) is 0 Å². The van der Waals surface area contributed by atoms with E-state index >= 15 is 0 Å². The molecule has 0 radical (unpaired) electrons. The molecule has 0 aromatic heterocycles. The Morgan fingerprint density at radius 2 is 2.17 bits per heavy atom. The minimum absolute atomic E-state index is 0.156. The van der Waals surface area contributed by atoms with Crippen molar-refractivity contribution in [3.8, 4) is 0 Å². The molecule has 1 aliphatic rings. The van der Waals surface area contributed by atoms with E-state index in [1.165, 1.54) is 0 Å². The molecule has 106 valence electrons. The van der Waals surface area contributed by atoms with Crippen molar-refractivity contribution in [2.24, 2.45) is 5.41 Å². The molecular formula is C14H28N2O2. The molecule has 0 bridgehead atoms. The van der Waals surface area contributed by atoms with E-state index in [1.54, 1.807) is 0 Å². The third-order valence-corrected chi connectivity index (χ3v) is 3.80. The number of hydrogen-bond donors (Lipinski definition) is 1. The van der Waals surface area contributed by atoms with Crippen molar-refractivity contribution in [2.45, 2.75) is 40.0 Å². The molecule has 1 saturated heterocycles. The second kappa shape index (κ2) is 7.74. The highest BCUT2D eigenvalue weighted by atomic mass is 16.5. The summed E-state index contributed by atoms with van der Waals surface area (Å²) < 4.78 is 5.36. The summed E-state index contributed by atoms with van der Waals surface area (Å²) in [6, 6.07) is 0. The molecule has 1 rings (SSSR count). The molecule has 0 aromatic carbocycles. The smallest absolute Gasteiger partial charge is 0.230 e. The van der Waals surface area contributed by atoms with Crippen LogP contribution in [0.3, 0.4) is 0 Å². The molecule has 1 heterocycles. The van der Waals surface area contributed by atoms with E-state index < -0.39 is 0 Å². The van der Waals surface area contributed by atoms with Crippen molar-refractivity contribution in [1.29, 1.82) is 0 Å². The largest absolute Gasteiger partial charge is 0.380 e. The summed E-state index contributed by atoms with van der Waals surface area (Å²) in [5.74, 6) is 0.316. The lowest BCUT2D eigenvalue weighted by Crippen LogP contribution is -2.46. The van der Waals surface area contributed by atoms with E-state index in [-0.39, 0.29) is 5.41 Å². The Morgan fingerprint density at radius 1 is 1.39 bits per heavy atom. The SMILES string of the molecule is CCCC1(C(=O)N(CC)CCOCC)CCNC1. The summed E-state index contributed by atoms with van der Waals surface area (Å²) in [5, 5.41) is 3.35. The lowest BCUT2D eigenvalue weighted by atomic mass is 9.81. The molecule has 1 unspecified atom stereocenters. The average molecular weight is 256 g/mol. The zero-order valence-corrected chi connectivity index (χ0v) is 12.1. The Bertz CT molecular complexity index is 250. The Labute approximate surface area is 111 Å². The summed E-state index contributed by atoms with van der Waals surface area (Å²) in [4.78, 5) is 14.7. The maximum Gasteiger partial charge on any atom is 0.230 e. The summed E-state index contributed by atoms with van der Waals surface area (Å²) >= 11 is 0. The van der Waals surface area contributed by atoms with E-state index in [0.717, 1.165) is 38.9 Å². The van der Waals surface area contributed by atoms with Gasteiger partial charge >= 0.3 is 0 Å². The number of amides is 1. The summed E-state index contributed by atoms with van der Waals surface area (Å²) in [6.45, 7) is 10.8. The number of nitrogens with one attached hydrogen (secondary N) is 1. The van der Waals surface area contributed by atoms with Crippen molar-refractivity contribution in [3.05, 3.63) is 0 Å². The Morgan fingerprint density at radius 3 is 2.67 bits per heavy atom. The maximum atomic E-state index is 12.7. The predicted octanol–water partition coefficient (Wildman–Crippen LogP) is 1.65. The molecule has 0 aliphatic carbocycles. The van der Waals surface area contributed by atoms with Crippen LogP contribution in [0.1, 0.15) is 40.0 Å². The van der Waals surface area contributed by atoms with Crippen LogP contribution in [0.5, 0.6) is 0 Å². The first-order valence-electron chi connectivity index (χ1n) is 7.28. The van der Waals surface area contributed by atoms with Gasteiger partial charge < -0.3 is 15.0 Å². The van der Waals surface area contributed by atoms with Gasteiger partial charge in [-0.3, -0.25) is 4.79 Å². The number of hydrogen-bond acceptors (Lipinski definition) is 3. The van der Waals surface area contributed by atoms with Crippen molar-refractivity contribution in [1.82, 2.24) is 10.2 Å². The van der Waals surface area contributed by atoms with Crippen LogP contribution in [0.25, 0.3) is 0 Å². The van der Waals surface area contributed by atoms with E-state index in [9.17, 15) is 4.79 Å². The molecule has 1 fully saturated rings. The second-order valence-electron chi connectivity index (χ2n) is 5.04. The molecule has 0 saturated carbocycles. The second-order valence-corrected chi connectivity index (χ2v) is 5.04. The molecule has 1 aliphatic heterocycles. The van der Waals surface area contributed by atoms with Gasteiger partial charge in [-0.25, -0.2) is 0 Å². The average Bonchev–Trinajstić information content (AvgIpc) is 2.84. The Hall–Kier alpha value is -0.610. The highest BCUT2D eigenvalue weighted by Crippen LogP contribution is 2.33. The zero-order chi connectivity index (χ0) is 13.4. The van der Waals surface area contributed by atoms with Crippen LogP contribution in [-0.4, -0.2) is 50.2 Å². The van der Waals surface area contributed by atoms with Gasteiger partial charge in [0.1, 0.15) is 0 Å². The van der Waals surface area contributed by atoms with Gasteiger partial charge in [0.05, 0.1) is 12.0 Å². The minimum Gasteiger partial charge on any atom is -0.380 e. The first-order valence-corrected chi connectivity index (χ1v) is 7.28. The minimum atomic E-state index is -0.156. The third kappa shape index (κ3) is 3.69. The number of nitrogens with zero attached hydrogens (tertiary/aromatic N) is 1. The Balaban J connectivity index is 2.61. The fourth-order valence-corrected chi connectivity index (χ4v) is 2.78. The topological polar surface area (TPSA) is 41.6 Å². The number of carbonyl (C=O) groups is 1. The standard InChI is InChI=1S/C14H28N2O2/c1-4-7-14(8-9-15-12-14)13(17)16(5-2)10-11-18-6-3/h15H,4-12H2,1-3H3. The monoisotopic (exact) mass is 256 g/mol. The number of ether oxygens (including phenoxy) is 1. The highest BCUT2D eigenvalue weighted by Gasteiger charge is 2.42. The van der Waals surface area contributed by atoms with Crippen molar-refractivity contribution >= 4 is 5.91 Å².